The zero-order valence-corrected chi connectivity index (χ0v) is 13.2. The molecule has 0 spiro atoms. The van der Waals surface area contributed by atoms with E-state index in [4.69, 9.17) is 0 Å². The van der Waals surface area contributed by atoms with Crippen LogP contribution in [0, 0.1) is 0 Å². The molecule has 1 rings (SSSR count). The van der Waals surface area contributed by atoms with Crippen molar-refractivity contribution in [2.75, 3.05) is 20.1 Å². The van der Waals surface area contributed by atoms with Crippen molar-refractivity contribution in [3.05, 3.63) is 0 Å². The van der Waals surface area contributed by atoms with Crippen molar-refractivity contribution in [2.24, 2.45) is 0 Å². The van der Waals surface area contributed by atoms with Gasteiger partial charge in [0.25, 0.3) is 10.2 Å². The average Bonchev–Trinajstić information content (AvgIpc) is 2.43. The molecule has 1 N–H and O–H groups in total. The van der Waals surface area contributed by atoms with Crippen molar-refractivity contribution in [3.63, 3.8) is 0 Å². The fourth-order valence-electron chi connectivity index (χ4n) is 2.55. The summed E-state index contributed by atoms with van der Waals surface area (Å²) in [6.07, 6.45) is 4.51. The van der Waals surface area contributed by atoms with E-state index >= 15 is 0 Å². The molecule has 0 saturated carbocycles. The smallest absolute Gasteiger partial charge is 0.282 e. The molecular formula is C13H28N2O3S. The number of unbranched alkanes of at least 4 members (excludes halogenated alkanes) is 1. The van der Waals surface area contributed by atoms with Gasteiger partial charge in [0, 0.05) is 20.1 Å². The van der Waals surface area contributed by atoms with Crippen LogP contribution < -0.4 is 0 Å². The maximum atomic E-state index is 12.6. The summed E-state index contributed by atoms with van der Waals surface area (Å²) < 4.78 is 28.1. The Labute approximate surface area is 117 Å². The van der Waals surface area contributed by atoms with Crippen LogP contribution in [0.1, 0.15) is 52.4 Å². The molecule has 1 heterocycles. The number of hydrogen-bond acceptors (Lipinski definition) is 3. The van der Waals surface area contributed by atoms with Crippen LogP contribution in [-0.2, 0) is 10.2 Å². The Morgan fingerprint density at radius 3 is 2.63 bits per heavy atom. The van der Waals surface area contributed by atoms with E-state index in [1.54, 1.807) is 7.05 Å². The molecule has 1 aliphatic heterocycles. The highest BCUT2D eigenvalue weighted by Gasteiger charge is 2.37. The van der Waals surface area contributed by atoms with E-state index < -0.39 is 16.3 Å². The highest BCUT2D eigenvalue weighted by atomic mass is 32.2. The van der Waals surface area contributed by atoms with Gasteiger partial charge in [0.1, 0.15) is 0 Å². The topological polar surface area (TPSA) is 60.9 Å². The largest absolute Gasteiger partial charge is 0.391 e. The first-order valence-corrected chi connectivity index (χ1v) is 8.76. The Morgan fingerprint density at radius 2 is 2.05 bits per heavy atom. The van der Waals surface area contributed by atoms with E-state index in [0.717, 1.165) is 32.1 Å². The standard InChI is InChI=1S/C13H28N2O3S/c1-4-6-10-14(3)19(17,18)15-11-8-7-9-12(15)13(16)5-2/h12-13,16H,4-11H2,1-3H3. The van der Waals surface area contributed by atoms with Gasteiger partial charge in [-0.25, -0.2) is 0 Å². The maximum Gasteiger partial charge on any atom is 0.282 e. The van der Waals surface area contributed by atoms with E-state index in [9.17, 15) is 13.5 Å². The van der Waals surface area contributed by atoms with Gasteiger partial charge in [-0.3, -0.25) is 0 Å². The third-order valence-corrected chi connectivity index (χ3v) is 5.89. The van der Waals surface area contributed by atoms with Crippen molar-refractivity contribution in [1.29, 1.82) is 0 Å². The van der Waals surface area contributed by atoms with Crippen LogP contribution in [0.15, 0.2) is 0 Å². The minimum absolute atomic E-state index is 0.257. The summed E-state index contributed by atoms with van der Waals surface area (Å²) in [6.45, 7) is 5.01. The van der Waals surface area contributed by atoms with Crippen molar-refractivity contribution < 1.29 is 13.5 Å². The third-order valence-electron chi connectivity index (χ3n) is 3.88. The Kier molecular flexibility index (Phi) is 6.73. The van der Waals surface area contributed by atoms with Gasteiger partial charge in [-0.05, 0) is 25.7 Å². The summed E-state index contributed by atoms with van der Waals surface area (Å²) in [4.78, 5) is 0. The SMILES string of the molecule is CCCCN(C)S(=O)(=O)N1CCCCC1C(O)CC. The lowest BCUT2D eigenvalue weighted by atomic mass is 9.98. The Morgan fingerprint density at radius 1 is 1.37 bits per heavy atom. The quantitative estimate of drug-likeness (QED) is 0.775. The summed E-state index contributed by atoms with van der Waals surface area (Å²) >= 11 is 0. The molecule has 0 aliphatic carbocycles. The predicted octanol–water partition coefficient (Wildman–Crippen LogP) is 1.59. The molecule has 0 aromatic heterocycles. The lowest BCUT2D eigenvalue weighted by Crippen LogP contribution is -2.53. The zero-order chi connectivity index (χ0) is 14.5. The highest BCUT2D eigenvalue weighted by molar-refractivity contribution is 7.86. The number of rotatable bonds is 7. The van der Waals surface area contributed by atoms with E-state index in [-0.39, 0.29) is 6.04 Å². The van der Waals surface area contributed by atoms with E-state index in [1.807, 2.05) is 13.8 Å². The van der Waals surface area contributed by atoms with Gasteiger partial charge >= 0.3 is 0 Å². The lowest BCUT2D eigenvalue weighted by molar-refractivity contribution is 0.0638. The number of piperidine rings is 1. The zero-order valence-electron chi connectivity index (χ0n) is 12.4. The summed E-state index contributed by atoms with van der Waals surface area (Å²) in [5.41, 5.74) is 0. The number of aliphatic hydroxyl groups excluding tert-OH is 1. The molecule has 5 nitrogen and oxygen atoms in total. The van der Waals surface area contributed by atoms with Crippen LogP contribution in [0.4, 0.5) is 0 Å². The van der Waals surface area contributed by atoms with E-state index in [2.05, 4.69) is 0 Å². The maximum absolute atomic E-state index is 12.6. The average molecular weight is 292 g/mol. The van der Waals surface area contributed by atoms with Crippen molar-refractivity contribution in [2.45, 2.75) is 64.5 Å². The fraction of sp³-hybridized carbons (Fsp3) is 1.00. The summed E-state index contributed by atoms with van der Waals surface area (Å²) in [5.74, 6) is 0. The van der Waals surface area contributed by atoms with Crippen LogP contribution in [0.25, 0.3) is 0 Å². The third kappa shape index (κ3) is 4.15. The minimum atomic E-state index is -3.43. The molecule has 1 fully saturated rings. The normalized spacial score (nSPS) is 23.7. The highest BCUT2D eigenvalue weighted by Crippen LogP contribution is 2.25. The van der Waals surface area contributed by atoms with Crippen LogP contribution in [-0.4, -0.2) is 54.4 Å². The monoisotopic (exact) mass is 292 g/mol. The number of nitrogens with zero attached hydrogens (tertiary/aromatic N) is 2. The minimum Gasteiger partial charge on any atom is -0.391 e. The Balaban J connectivity index is 2.83. The molecule has 2 atom stereocenters. The van der Waals surface area contributed by atoms with Gasteiger partial charge in [0.05, 0.1) is 12.1 Å². The molecular weight excluding hydrogens is 264 g/mol. The molecule has 19 heavy (non-hydrogen) atoms. The van der Waals surface area contributed by atoms with Crippen LogP contribution in [0.2, 0.25) is 0 Å². The second kappa shape index (κ2) is 7.57. The predicted molar refractivity (Wildman–Crippen MR) is 77.1 cm³/mol. The lowest BCUT2D eigenvalue weighted by Gasteiger charge is -2.39. The molecule has 1 saturated heterocycles. The van der Waals surface area contributed by atoms with Crippen LogP contribution in [0.3, 0.4) is 0 Å². The van der Waals surface area contributed by atoms with Gasteiger partial charge in [-0.15, -0.1) is 0 Å². The first kappa shape index (κ1) is 16.9. The van der Waals surface area contributed by atoms with Crippen molar-refractivity contribution in [3.8, 4) is 0 Å². The Bertz CT molecular complexity index is 359. The molecule has 0 amide bonds. The molecule has 0 bridgehead atoms. The number of aliphatic hydroxyl groups is 1. The van der Waals surface area contributed by atoms with Gasteiger partial charge in [0.15, 0.2) is 0 Å². The first-order valence-electron chi connectivity index (χ1n) is 7.36. The molecule has 1 aliphatic rings. The molecule has 0 aromatic carbocycles. The molecule has 2 unspecified atom stereocenters. The second-order valence-corrected chi connectivity index (χ2v) is 7.32. The van der Waals surface area contributed by atoms with Crippen molar-refractivity contribution in [1.82, 2.24) is 8.61 Å². The van der Waals surface area contributed by atoms with Crippen molar-refractivity contribution >= 4 is 10.2 Å². The fourth-order valence-corrected chi connectivity index (χ4v) is 4.21. The van der Waals surface area contributed by atoms with Gasteiger partial charge in [-0.2, -0.15) is 17.0 Å². The van der Waals surface area contributed by atoms with Crippen LogP contribution >= 0.6 is 0 Å². The first-order chi connectivity index (χ1) is 8.95. The van der Waals surface area contributed by atoms with Crippen LogP contribution in [0.5, 0.6) is 0 Å². The van der Waals surface area contributed by atoms with E-state index in [0.29, 0.717) is 19.5 Å². The van der Waals surface area contributed by atoms with Gasteiger partial charge in [0.2, 0.25) is 0 Å². The molecule has 0 radical (unpaired) electrons. The van der Waals surface area contributed by atoms with Gasteiger partial charge in [-0.1, -0.05) is 26.7 Å². The van der Waals surface area contributed by atoms with Gasteiger partial charge < -0.3 is 5.11 Å². The van der Waals surface area contributed by atoms with E-state index in [1.165, 1.54) is 8.61 Å². The molecule has 0 aromatic rings. The number of hydrogen-bond donors (Lipinski definition) is 1. The second-order valence-electron chi connectivity index (χ2n) is 5.33. The molecule has 114 valence electrons. The summed E-state index contributed by atoms with van der Waals surface area (Å²) in [7, 11) is -1.80. The molecule has 6 heteroatoms. The Hall–Kier alpha value is -0.170. The summed E-state index contributed by atoms with van der Waals surface area (Å²) in [6, 6.07) is -0.257. The summed E-state index contributed by atoms with van der Waals surface area (Å²) in [5, 5.41) is 10.0.